The summed E-state index contributed by atoms with van der Waals surface area (Å²) in [4.78, 5) is 2.39. The van der Waals surface area contributed by atoms with Crippen molar-refractivity contribution in [3.05, 3.63) is 34.9 Å². The van der Waals surface area contributed by atoms with E-state index in [1.165, 1.54) is 5.56 Å². The molecule has 2 nitrogen and oxygen atoms in total. The Labute approximate surface area is 109 Å². The average Bonchev–Trinajstić information content (AvgIpc) is 2.64. The van der Waals surface area contributed by atoms with E-state index < -0.39 is 0 Å². The molecule has 1 aromatic rings. The van der Waals surface area contributed by atoms with Gasteiger partial charge >= 0.3 is 0 Å². The zero-order valence-corrected chi connectivity index (χ0v) is 11.4. The Morgan fingerprint density at radius 3 is 2.88 bits per heavy atom. The maximum Gasteiger partial charge on any atom is 0.0409 e. The maximum atomic E-state index is 5.99. The van der Waals surface area contributed by atoms with E-state index in [-0.39, 0.29) is 0 Å². The first-order valence-corrected chi connectivity index (χ1v) is 6.66. The van der Waals surface area contributed by atoms with Gasteiger partial charge in [-0.2, -0.15) is 0 Å². The quantitative estimate of drug-likeness (QED) is 0.886. The summed E-state index contributed by atoms with van der Waals surface area (Å²) in [6.07, 6.45) is 0. The van der Waals surface area contributed by atoms with Gasteiger partial charge in [0.25, 0.3) is 0 Å². The van der Waals surface area contributed by atoms with Crippen LogP contribution in [0.3, 0.4) is 0 Å². The number of halogens is 1. The molecule has 2 atom stereocenters. The molecule has 0 spiro atoms. The standard InChI is InChI=1S/C14H21ClN2/c1-11-7-16-8-13(11)10-17(2)9-12-4-3-5-14(15)6-12/h3-6,11,13,16H,7-10H2,1-2H3/t11-,13+/m1/s1. The van der Waals surface area contributed by atoms with Crippen molar-refractivity contribution >= 4 is 11.6 Å². The molecule has 1 heterocycles. The summed E-state index contributed by atoms with van der Waals surface area (Å²) >= 11 is 5.99. The van der Waals surface area contributed by atoms with E-state index in [4.69, 9.17) is 11.6 Å². The Kier molecular flexibility index (Phi) is 4.43. The van der Waals surface area contributed by atoms with Gasteiger partial charge < -0.3 is 10.2 Å². The molecular weight excluding hydrogens is 232 g/mol. The first-order valence-electron chi connectivity index (χ1n) is 6.29. The third kappa shape index (κ3) is 3.70. The van der Waals surface area contributed by atoms with Crippen LogP contribution in [0.25, 0.3) is 0 Å². The first kappa shape index (κ1) is 12.9. The number of rotatable bonds is 4. The minimum absolute atomic E-state index is 0.777. The monoisotopic (exact) mass is 252 g/mol. The van der Waals surface area contributed by atoms with Gasteiger partial charge in [-0.25, -0.2) is 0 Å². The highest BCUT2D eigenvalue weighted by Crippen LogP contribution is 2.18. The zero-order valence-electron chi connectivity index (χ0n) is 10.6. The van der Waals surface area contributed by atoms with E-state index in [0.29, 0.717) is 0 Å². The highest BCUT2D eigenvalue weighted by molar-refractivity contribution is 6.30. The maximum absolute atomic E-state index is 5.99. The van der Waals surface area contributed by atoms with E-state index in [1.807, 2.05) is 18.2 Å². The Hall–Kier alpha value is -0.570. The van der Waals surface area contributed by atoms with Gasteiger partial charge in [0.15, 0.2) is 0 Å². The van der Waals surface area contributed by atoms with Gasteiger partial charge in [0.1, 0.15) is 0 Å². The summed E-state index contributed by atoms with van der Waals surface area (Å²) < 4.78 is 0. The Morgan fingerprint density at radius 2 is 2.24 bits per heavy atom. The molecule has 0 aromatic heterocycles. The van der Waals surface area contributed by atoms with Crippen molar-refractivity contribution in [2.45, 2.75) is 13.5 Å². The lowest BCUT2D eigenvalue weighted by Crippen LogP contribution is -2.28. The van der Waals surface area contributed by atoms with E-state index in [1.54, 1.807) is 0 Å². The van der Waals surface area contributed by atoms with Crippen LogP contribution in [0.5, 0.6) is 0 Å². The summed E-state index contributed by atoms with van der Waals surface area (Å²) in [5, 5.41) is 4.28. The molecule has 1 N–H and O–H groups in total. The molecule has 17 heavy (non-hydrogen) atoms. The van der Waals surface area contributed by atoms with Crippen LogP contribution in [0.15, 0.2) is 24.3 Å². The van der Waals surface area contributed by atoms with Crippen LogP contribution >= 0.6 is 11.6 Å². The molecule has 1 aliphatic heterocycles. The highest BCUT2D eigenvalue weighted by atomic mass is 35.5. The molecule has 1 fully saturated rings. The number of hydrogen-bond acceptors (Lipinski definition) is 2. The molecule has 1 saturated heterocycles. The van der Waals surface area contributed by atoms with Crippen LogP contribution in [0, 0.1) is 11.8 Å². The van der Waals surface area contributed by atoms with Gasteiger partial charge in [-0.05, 0) is 49.7 Å². The fourth-order valence-electron chi connectivity index (χ4n) is 2.52. The second-order valence-electron chi connectivity index (χ2n) is 5.22. The van der Waals surface area contributed by atoms with Crippen LogP contribution in [-0.2, 0) is 6.54 Å². The third-order valence-electron chi connectivity index (χ3n) is 3.57. The number of nitrogens with one attached hydrogen (secondary N) is 1. The van der Waals surface area contributed by atoms with Gasteiger partial charge in [-0.3, -0.25) is 0 Å². The number of hydrogen-bond donors (Lipinski definition) is 1. The van der Waals surface area contributed by atoms with Crippen molar-refractivity contribution in [2.24, 2.45) is 11.8 Å². The van der Waals surface area contributed by atoms with Crippen LogP contribution in [-0.4, -0.2) is 31.6 Å². The van der Waals surface area contributed by atoms with Crippen molar-refractivity contribution in [3.63, 3.8) is 0 Å². The normalized spacial score (nSPS) is 24.5. The minimum atomic E-state index is 0.777. The molecule has 94 valence electrons. The van der Waals surface area contributed by atoms with Gasteiger partial charge in [0.2, 0.25) is 0 Å². The Bertz CT molecular complexity index is 367. The predicted molar refractivity (Wildman–Crippen MR) is 73.3 cm³/mol. The molecule has 0 bridgehead atoms. The van der Waals surface area contributed by atoms with E-state index >= 15 is 0 Å². The van der Waals surface area contributed by atoms with Gasteiger partial charge in [-0.15, -0.1) is 0 Å². The van der Waals surface area contributed by atoms with Crippen molar-refractivity contribution < 1.29 is 0 Å². The summed E-state index contributed by atoms with van der Waals surface area (Å²) in [5.74, 6) is 1.57. The highest BCUT2D eigenvalue weighted by Gasteiger charge is 2.23. The molecule has 1 aliphatic rings. The van der Waals surface area contributed by atoms with Crippen LogP contribution < -0.4 is 5.32 Å². The van der Waals surface area contributed by atoms with Crippen molar-refractivity contribution in [3.8, 4) is 0 Å². The summed E-state index contributed by atoms with van der Waals surface area (Å²) in [5.41, 5.74) is 1.29. The van der Waals surface area contributed by atoms with Gasteiger partial charge in [0.05, 0.1) is 0 Å². The molecule has 2 rings (SSSR count). The molecule has 0 radical (unpaired) electrons. The Balaban J connectivity index is 1.86. The van der Waals surface area contributed by atoms with E-state index in [0.717, 1.165) is 43.0 Å². The first-order chi connectivity index (χ1) is 8.15. The van der Waals surface area contributed by atoms with Crippen LogP contribution in [0.4, 0.5) is 0 Å². The topological polar surface area (TPSA) is 15.3 Å². The SMILES string of the molecule is C[C@@H]1CNC[C@H]1CN(C)Cc1cccc(Cl)c1. The summed E-state index contributed by atoms with van der Waals surface area (Å²) in [6.45, 7) is 6.78. The van der Waals surface area contributed by atoms with Crippen molar-refractivity contribution in [1.82, 2.24) is 10.2 Å². The average molecular weight is 253 g/mol. The second-order valence-corrected chi connectivity index (χ2v) is 5.66. The third-order valence-corrected chi connectivity index (χ3v) is 3.80. The lowest BCUT2D eigenvalue weighted by Gasteiger charge is -2.23. The largest absolute Gasteiger partial charge is 0.316 e. The van der Waals surface area contributed by atoms with Crippen molar-refractivity contribution in [1.29, 1.82) is 0 Å². The van der Waals surface area contributed by atoms with Gasteiger partial charge in [-0.1, -0.05) is 30.7 Å². The fraction of sp³-hybridized carbons (Fsp3) is 0.571. The lowest BCUT2D eigenvalue weighted by molar-refractivity contribution is 0.252. The van der Waals surface area contributed by atoms with Crippen LogP contribution in [0.2, 0.25) is 5.02 Å². The summed E-state index contributed by atoms with van der Waals surface area (Å²) in [6, 6.07) is 8.13. The lowest BCUT2D eigenvalue weighted by atomic mass is 9.97. The minimum Gasteiger partial charge on any atom is -0.316 e. The van der Waals surface area contributed by atoms with E-state index in [9.17, 15) is 0 Å². The molecular formula is C14H21ClN2. The van der Waals surface area contributed by atoms with E-state index in [2.05, 4.69) is 30.3 Å². The molecule has 3 heteroatoms. The Morgan fingerprint density at radius 1 is 1.41 bits per heavy atom. The fourth-order valence-corrected chi connectivity index (χ4v) is 2.73. The number of nitrogens with zero attached hydrogens (tertiary/aromatic N) is 1. The summed E-state index contributed by atoms with van der Waals surface area (Å²) in [7, 11) is 2.19. The predicted octanol–water partition coefficient (Wildman–Crippen LogP) is 2.63. The van der Waals surface area contributed by atoms with Crippen molar-refractivity contribution in [2.75, 3.05) is 26.7 Å². The molecule has 0 aliphatic carbocycles. The molecule has 0 amide bonds. The molecule has 0 unspecified atom stereocenters. The van der Waals surface area contributed by atoms with Gasteiger partial charge in [0, 0.05) is 18.1 Å². The zero-order chi connectivity index (χ0) is 12.3. The molecule has 0 saturated carbocycles. The molecule has 1 aromatic carbocycles. The second kappa shape index (κ2) is 5.85. The smallest absolute Gasteiger partial charge is 0.0409 e. The number of benzene rings is 1. The van der Waals surface area contributed by atoms with Crippen LogP contribution in [0.1, 0.15) is 12.5 Å².